The predicted octanol–water partition coefficient (Wildman–Crippen LogP) is 3.54. The number of carbonyl (C=O) groups is 1. The van der Waals surface area contributed by atoms with E-state index in [0.29, 0.717) is 18.6 Å². The number of rotatable bonds is 7. The standard InChI is InChI=1S/C14H18O/c1-2-3-5-10-14(15)12-11-13-8-6-4-7-9-13/h2,4,6-9H,1,3,5,10-12H2. The Hall–Kier alpha value is -1.37. The molecule has 0 aliphatic heterocycles. The summed E-state index contributed by atoms with van der Waals surface area (Å²) in [6.07, 6.45) is 5.98. The Kier molecular flexibility index (Phi) is 5.46. The van der Waals surface area contributed by atoms with Crippen LogP contribution in [0.5, 0.6) is 0 Å². The monoisotopic (exact) mass is 202 g/mol. The van der Waals surface area contributed by atoms with Crippen molar-refractivity contribution < 1.29 is 4.79 Å². The molecule has 0 bridgehead atoms. The minimum atomic E-state index is 0.362. The summed E-state index contributed by atoms with van der Waals surface area (Å²) in [6.45, 7) is 3.64. The smallest absolute Gasteiger partial charge is 0.133 e. The SMILES string of the molecule is C=CCCCC(=O)CCc1ccccc1. The van der Waals surface area contributed by atoms with Gasteiger partial charge in [-0.05, 0) is 24.8 Å². The normalized spacial score (nSPS) is 9.87. The number of hydrogen-bond acceptors (Lipinski definition) is 1. The van der Waals surface area contributed by atoms with E-state index in [1.807, 2.05) is 24.3 Å². The molecule has 0 fully saturated rings. The second-order valence-electron chi connectivity index (χ2n) is 3.71. The first kappa shape index (κ1) is 11.7. The summed E-state index contributed by atoms with van der Waals surface area (Å²) >= 11 is 0. The fourth-order valence-electron chi connectivity index (χ4n) is 1.50. The van der Waals surface area contributed by atoms with Crippen molar-refractivity contribution in [3.05, 3.63) is 48.6 Å². The molecular weight excluding hydrogens is 184 g/mol. The van der Waals surface area contributed by atoms with E-state index in [9.17, 15) is 4.79 Å². The van der Waals surface area contributed by atoms with Gasteiger partial charge in [0.2, 0.25) is 0 Å². The van der Waals surface area contributed by atoms with Gasteiger partial charge in [0.05, 0.1) is 0 Å². The van der Waals surface area contributed by atoms with E-state index >= 15 is 0 Å². The Bertz CT molecular complexity index is 300. The third-order valence-corrected chi connectivity index (χ3v) is 2.40. The lowest BCUT2D eigenvalue weighted by molar-refractivity contribution is -0.119. The highest BCUT2D eigenvalue weighted by Gasteiger charge is 2.01. The Morgan fingerprint density at radius 3 is 2.60 bits per heavy atom. The number of aryl methyl sites for hydroxylation is 1. The molecule has 0 aromatic heterocycles. The van der Waals surface area contributed by atoms with E-state index in [4.69, 9.17) is 0 Å². The average molecular weight is 202 g/mol. The maximum absolute atomic E-state index is 11.5. The van der Waals surface area contributed by atoms with E-state index in [1.165, 1.54) is 5.56 Å². The summed E-state index contributed by atoms with van der Waals surface area (Å²) < 4.78 is 0. The van der Waals surface area contributed by atoms with Gasteiger partial charge in [-0.15, -0.1) is 6.58 Å². The van der Waals surface area contributed by atoms with Crippen LogP contribution in [0.4, 0.5) is 0 Å². The van der Waals surface area contributed by atoms with Crippen LogP contribution < -0.4 is 0 Å². The first-order valence-corrected chi connectivity index (χ1v) is 5.49. The predicted molar refractivity (Wildman–Crippen MR) is 63.8 cm³/mol. The largest absolute Gasteiger partial charge is 0.300 e. The molecule has 0 aliphatic rings. The first-order chi connectivity index (χ1) is 7.33. The van der Waals surface area contributed by atoms with E-state index in [-0.39, 0.29) is 0 Å². The van der Waals surface area contributed by atoms with Gasteiger partial charge < -0.3 is 0 Å². The summed E-state index contributed by atoms with van der Waals surface area (Å²) in [5.41, 5.74) is 1.24. The fourth-order valence-corrected chi connectivity index (χ4v) is 1.50. The molecule has 0 aliphatic carbocycles. The van der Waals surface area contributed by atoms with Crippen LogP contribution in [0.25, 0.3) is 0 Å². The Balaban J connectivity index is 2.20. The molecule has 1 rings (SSSR count). The maximum atomic E-state index is 11.5. The molecule has 0 unspecified atom stereocenters. The van der Waals surface area contributed by atoms with E-state index in [2.05, 4.69) is 18.7 Å². The Labute approximate surface area is 91.8 Å². The van der Waals surface area contributed by atoms with Crippen LogP contribution in [-0.4, -0.2) is 5.78 Å². The molecule has 1 heteroatoms. The molecular formula is C14H18O. The summed E-state index contributed by atoms with van der Waals surface area (Å²) in [7, 11) is 0. The van der Waals surface area contributed by atoms with Crippen LogP contribution in [0, 0.1) is 0 Å². The molecule has 1 aromatic rings. The Morgan fingerprint density at radius 2 is 1.93 bits per heavy atom. The number of ketones is 1. The van der Waals surface area contributed by atoms with E-state index in [0.717, 1.165) is 19.3 Å². The van der Waals surface area contributed by atoms with E-state index in [1.54, 1.807) is 0 Å². The highest BCUT2D eigenvalue weighted by molar-refractivity contribution is 5.78. The van der Waals surface area contributed by atoms with Crippen molar-refractivity contribution >= 4 is 5.78 Å². The minimum Gasteiger partial charge on any atom is -0.300 e. The number of unbranched alkanes of at least 4 members (excludes halogenated alkanes) is 1. The third kappa shape index (κ3) is 5.16. The minimum absolute atomic E-state index is 0.362. The highest BCUT2D eigenvalue weighted by Crippen LogP contribution is 2.06. The van der Waals surface area contributed by atoms with Crippen LogP contribution in [0.2, 0.25) is 0 Å². The van der Waals surface area contributed by atoms with Crippen LogP contribution >= 0.6 is 0 Å². The lowest BCUT2D eigenvalue weighted by atomic mass is 10.0. The van der Waals surface area contributed by atoms with Crippen molar-refractivity contribution in [3.63, 3.8) is 0 Å². The lowest BCUT2D eigenvalue weighted by Crippen LogP contribution is -1.99. The number of carbonyl (C=O) groups excluding carboxylic acids is 1. The van der Waals surface area contributed by atoms with Crippen LogP contribution in [0.1, 0.15) is 31.2 Å². The molecule has 0 spiro atoms. The Morgan fingerprint density at radius 1 is 1.20 bits per heavy atom. The number of hydrogen-bond donors (Lipinski definition) is 0. The van der Waals surface area contributed by atoms with E-state index < -0.39 is 0 Å². The van der Waals surface area contributed by atoms with Crippen molar-refractivity contribution in [2.45, 2.75) is 32.1 Å². The molecule has 0 saturated heterocycles. The lowest BCUT2D eigenvalue weighted by Gasteiger charge is -2.00. The summed E-state index contributed by atoms with van der Waals surface area (Å²) in [4.78, 5) is 11.5. The van der Waals surface area contributed by atoms with Crippen LogP contribution in [-0.2, 0) is 11.2 Å². The van der Waals surface area contributed by atoms with Gasteiger partial charge in [0.25, 0.3) is 0 Å². The molecule has 0 saturated carbocycles. The molecule has 0 heterocycles. The van der Waals surface area contributed by atoms with Gasteiger partial charge in [-0.1, -0.05) is 36.4 Å². The number of allylic oxidation sites excluding steroid dienone is 1. The number of Topliss-reactive ketones (excluding diaryl/α,β-unsaturated/α-hetero) is 1. The van der Waals surface area contributed by atoms with Crippen molar-refractivity contribution in [1.29, 1.82) is 0 Å². The molecule has 15 heavy (non-hydrogen) atoms. The van der Waals surface area contributed by atoms with Gasteiger partial charge in [-0.3, -0.25) is 4.79 Å². The van der Waals surface area contributed by atoms with Crippen molar-refractivity contribution in [1.82, 2.24) is 0 Å². The molecule has 80 valence electrons. The topological polar surface area (TPSA) is 17.1 Å². The summed E-state index contributed by atoms with van der Waals surface area (Å²) in [6, 6.07) is 10.2. The maximum Gasteiger partial charge on any atom is 0.133 e. The molecule has 0 atom stereocenters. The second-order valence-corrected chi connectivity index (χ2v) is 3.71. The van der Waals surface area contributed by atoms with Crippen molar-refractivity contribution in [2.75, 3.05) is 0 Å². The van der Waals surface area contributed by atoms with Gasteiger partial charge in [0, 0.05) is 12.8 Å². The van der Waals surface area contributed by atoms with Gasteiger partial charge in [0.15, 0.2) is 0 Å². The zero-order valence-electron chi connectivity index (χ0n) is 9.11. The molecule has 0 radical (unpaired) electrons. The van der Waals surface area contributed by atoms with Crippen molar-refractivity contribution in [3.8, 4) is 0 Å². The zero-order valence-corrected chi connectivity index (χ0v) is 9.11. The molecule has 1 nitrogen and oxygen atoms in total. The zero-order chi connectivity index (χ0) is 10.9. The quantitative estimate of drug-likeness (QED) is 0.488. The highest BCUT2D eigenvalue weighted by atomic mass is 16.1. The molecule has 0 amide bonds. The van der Waals surface area contributed by atoms with Gasteiger partial charge in [-0.25, -0.2) is 0 Å². The summed E-state index contributed by atoms with van der Waals surface area (Å²) in [5.74, 6) is 0.362. The van der Waals surface area contributed by atoms with Crippen molar-refractivity contribution in [2.24, 2.45) is 0 Å². The molecule has 1 aromatic carbocycles. The third-order valence-electron chi connectivity index (χ3n) is 2.40. The summed E-state index contributed by atoms with van der Waals surface area (Å²) in [5, 5.41) is 0. The average Bonchev–Trinajstić information content (AvgIpc) is 2.28. The number of benzene rings is 1. The van der Waals surface area contributed by atoms with Crippen LogP contribution in [0.15, 0.2) is 43.0 Å². The van der Waals surface area contributed by atoms with Crippen LogP contribution in [0.3, 0.4) is 0 Å². The second kappa shape index (κ2) is 6.99. The van der Waals surface area contributed by atoms with Gasteiger partial charge in [0.1, 0.15) is 5.78 Å². The fraction of sp³-hybridized carbons (Fsp3) is 0.357. The first-order valence-electron chi connectivity index (χ1n) is 5.49. The molecule has 0 N–H and O–H groups in total. The van der Waals surface area contributed by atoms with Gasteiger partial charge in [-0.2, -0.15) is 0 Å². The van der Waals surface area contributed by atoms with Gasteiger partial charge >= 0.3 is 0 Å².